The van der Waals surface area contributed by atoms with Crippen LogP contribution in [0.25, 0.3) is 0 Å². The molecule has 110 valence electrons. The Morgan fingerprint density at radius 3 is 2.71 bits per heavy atom. The van der Waals surface area contributed by atoms with Crippen LogP contribution in [0.5, 0.6) is 0 Å². The summed E-state index contributed by atoms with van der Waals surface area (Å²) >= 11 is 8.97. The minimum atomic E-state index is -0.660. The predicted octanol–water partition coefficient (Wildman–Crippen LogP) is 3.88. The Morgan fingerprint density at radius 2 is 2.14 bits per heavy atom. The number of carbonyl (C=O) groups is 1. The third kappa shape index (κ3) is 3.43. The lowest BCUT2D eigenvalue weighted by Crippen LogP contribution is -2.26. The van der Waals surface area contributed by atoms with Crippen LogP contribution < -0.4 is 0 Å². The van der Waals surface area contributed by atoms with Gasteiger partial charge in [-0.1, -0.05) is 17.7 Å². The summed E-state index contributed by atoms with van der Waals surface area (Å²) in [4.78, 5) is 24.1. The molecule has 2 aromatic rings. The van der Waals surface area contributed by atoms with Crippen molar-refractivity contribution in [2.24, 2.45) is 0 Å². The van der Waals surface area contributed by atoms with Gasteiger partial charge in [0.05, 0.1) is 11.5 Å². The van der Waals surface area contributed by atoms with Crippen LogP contribution in [0.4, 0.5) is 5.69 Å². The van der Waals surface area contributed by atoms with E-state index in [0.29, 0.717) is 10.4 Å². The Labute approximate surface area is 133 Å². The SMILES string of the molecule is CN(Cc1ccc(Br)o1)C(=O)c1cccc(Cl)c1[N+](=O)[O-]. The molecule has 0 atom stereocenters. The number of nitrogens with zero attached hydrogens (tertiary/aromatic N) is 2. The van der Waals surface area contributed by atoms with Crippen molar-refractivity contribution in [1.82, 2.24) is 4.90 Å². The number of halogens is 2. The minimum absolute atomic E-state index is 0.0550. The third-order valence-corrected chi connectivity index (χ3v) is 3.50. The van der Waals surface area contributed by atoms with Crippen molar-refractivity contribution in [2.75, 3.05) is 7.05 Å². The maximum atomic E-state index is 12.3. The molecule has 0 aliphatic rings. The number of nitro benzene ring substituents is 1. The molecule has 21 heavy (non-hydrogen) atoms. The first-order valence-electron chi connectivity index (χ1n) is 5.82. The van der Waals surface area contributed by atoms with Crippen molar-refractivity contribution < 1.29 is 14.1 Å². The third-order valence-electron chi connectivity index (χ3n) is 2.77. The molecule has 0 radical (unpaired) electrons. The Bertz CT molecular complexity index is 701. The standard InChI is InChI=1S/C13H10BrClN2O4/c1-16(7-8-5-6-11(14)21-8)13(18)9-3-2-4-10(15)12(9)17(19)20/h2-6H,7H2,1H3. The second-order valence-electron chi connectivity index (χ2n) is 4.26. The van der Waals surface area contributed by atoms with Crippen molar-refractivity contribution in [3.63, 3.8) is 0 Å². The van der Waals surface area contributed by atoms with Crippen molar-refractivity contribution in [3.8, 4) is 0 Å². The van der Waals surface area contributed by atoms with Gasteiger partial charge in [-0.15, -0.1) is 0 Å². The Hall–Kier alpha value is -1.86. The largest absolute Gasteiger partial charge is 0.452 e. The summed E-state index contributed by atoms with van der Waals surface area (Å²) in [5.74, 6) is 0.0547. The zero-order chi connectivity index (χ0) is 15.6. The van der Waals surface area contributed by atoms with Gasteiger partial charge in [-0.3, -0.25) is 14.9 Å². The second-order valence-corrected chi connectivity index (χ2v) is 5.45. The average Bonchev–Trinajstić information content (AvgIpc) is 2.82. The molecule has 0 saturated carbocycles. The second kappa shape index (κ2) is 6.28. The number of amides is 1. The molecule has 0 N–H and O–H groups in total. The molecule has 0 bridgehead atoms. The summed E-state index contributed by atoms with van der Waals surface area (Å²) in [7, 11) is 1.53. The number of nitro groups is 1. The van der Waals surface area contributed by atoms with Crippen LogP contribution in [-0.2, 0) is 6.54 Å². The molecule has 0 spiro atoms. The summed E-state index contributed by atoms with van der Waals surface area (Å²) in [6, 6.07) is 7.66. The highest BCUT2D eigenvalue weighted by atomic mass is 79.9. The number of benzene rings is 1. The average molecular weight is 374 g/mol. The molecule has 0 unspecified atom stereocenters. The van der Waals surface area contributed by atoms with Gasteiger partial charge in [0, 0.05) is 7.05 Å². The molecule has 0 aliphatic heterocycles. The molecule has 2 rings (SSSR count). The lowest BCUT2D eigenvalue weighted by molar-refractivity contribution is -0.385. The highest BCUT2D eigenvalue weighted by molar-refractivity contribution is 9.10. The van der Waals surface area contributed by atoms with E-state index in [1.165, 1.54) is 30.1 Å². The fourth-order valence-electron chi connectivity index (χ4n) is 1.82. The fraction of sp³-hybridized carbons (Fsp3) is 0.154. The predicted molar refractivity (Wildman–Crippen MR) is 80.3 cm³/mol. The van der Waals surface area contributed by atoms with Gasteiger partial charge in [0.15, 0.2) is 4.67 Å². The minimum Gasteiger partial charge on any atom is -0.452 e. The Morgan fingerprint density at radius 1 is 1.43 bits per heavy atom. The Balaban J connectivity index is 2.27. The fourth-order valence-corrected chi connectivity index (χ4v) is 2.41. The van der Waals surface area contributed by atoms with Gasteiger partial charge in [0.2, 0.25) is 0 Å². The number of rotatable bonds is 4. The summed E-state index contributed by atoms with van der Waals surface area (Å²) < 4.78 is 5.85. The summed E-state index contributed by atoms with van der Waals surface area (Å²) in [6.07, 6.45) is 0. The van der Waals surface area contributed by atoms with E-state index in [1.54, 1.807) is 12.1 Å². The van der Waals surface area contributed by atoms with Gasteiger partial charge in [-0.25, -0.2) is 0 Å². The first-order chi connectivity index (χ1) is 9.90. The highest BCUT2D eigenvalue weighted by Gasteiger charge is 2.26. The van der Waals surface area contributed by atoms with Crippen LogP contribution in [0, 0.1) is 10.1 Å². The molecule has 1 aromatic heterocycles. The number of furan rings is 1. The smallest absolute Gasteiger partial charge is 0.300 e. The molecule has 0 aliphatic carbocycles. The highest BCUT2D eigenvalue weighted by Crippen LogP contribution is 2.29. The lowest BCUT2D eigenvalue weighted by atomic mass is 10.1. The van der Waals surface area contributed by atoms with E-state index in [1.807, 2.05) is 0 Å². The van der Waals surface area contributed by atoms with Crippen LogP contribution in [-0.4, -0.2) is 22.8 Å². The lowest BCUT2D eigenvalue weighted by Gasteiger charge is -2.16. The van der Waals surface area contributed by atoms with Gasteiger partial charge in [0.1, 0.15) is 16.3 Å². The van der Waals surface area contributed by atoms with E-state index in [2.05, 4.69) is 15.9 Å². The number of carbonyl (C=O) groups excluding carboxylic acids is 1. The van der Waals surface area contributed by atoms with E-state index in [4.69, 9.17) is 16.0 Å². The first-order valence-corrected chi connectivity index (χ1v) is 7.00. The van der Waals surface area contributed by atoms with Gasteiger partial charge in [-0.2, -0.15) is 0 Å². The summed E-state index contributed by atoms with van der Waals surface area (Å²) in [6.45, 7) is 0.189. The monoisotopic (exact) mass is 372 g/mol. The molecular formula is C13H10BrClN2O4. The van der Waals surface area contributed by atoms with Crippen LogP contribution in [0.15, 0.2) is 39.4 Å². The van der Waals surface area contributed by atoms with Crippen molar-refractivity contribution in [2.45, 2.75) is 6.54 Å². The van der Waals surface area contributed by atoms with Crippen LogP contribution in [0.3, 0.4) is 0 Å². The quantitative estimate of drug-likeness (QED) is 0.602. The molecule has 1 aromatic carbocycles. The summed E-state index contributed by atoms with van der Waals surface area (Å²) in [5.41, 5.74) is -0.447. The van der Waals surface area contributed by atoms with Crippen LogP contribution >= 0.6 is 27.5 Å². The molecule has 1 amide bonds. The van der Waals surface area contributed by atoms with Crippen molar-refractivity contribution >= 4 is 39.1 Å². The van der Waals surface area contributed by atoms with Crippen LogP contribution in [0.1, 0.15) is 16.1 Å². The zero-order valence-electron chi connectivity index (χ0n) is 10.9. The van der Waals surface area contributed by atoms with E-state index < -0.39 is 16.5 Å². The topological polar surface area (TPSA) is 76.6 Å². The van der Waals surface area contributed by atoms with Gasteiger partial charge in [0.25, 0.3) is 5.91 Å². The number of hydrogen-bond donors (Lipinski definition) is 0. The zero-order valence-corrected chi connectivity index (χ0v) is 13.2. The van der Waals surface area contributed by atoms with Gasteiger partial charge in [-0.05, 0) is 40.2 Å². The molecule has 6 nitrogen and oxygen atoms in total. The maximum Gasteiger partial charge on any atom is 0.300 e. The molecule has 8 heteroatoms. The molecule has 0 fully saturated rings. The Kier molecular flexibility index (Phi) is 4.64. The van der Waals surface area contributed by atoms with Gasteiger partial charge >= 0.3 is 5.69 Å². The normalized spacial score (nSPS) is 10.4. The molecule has 1 heterocycles. The van der Waals surface area contributed by atoms with E-state index in [9.17, 15) is 14.9 Å². The van der Waals surface area contributed by atoms with E-state index >= 15 is 0 Å². The van der Waals surface area contributed by atoms with E-state index in [0.717, 1.165) is 0 Å². The molecule has 0 saturated heterocycles. The van der Waals surface area contributed by atoms with E-state index in [-0.39, 0.29) is 17.1 Å². The maximum absolute atomic E-state index is 12.3. The first kappa shape index (κ1) is 15.5. The number of para-hydroxylation sites is 1. The van der Waals surface area contributed by atoms with Crippen molar-refractivity contribution in [3.05, 3.63) is 61.5 Å². The van der Waals surface area contributed by atoms with Crippen molar-refractivity contribution in [1.29, 1.82) is 0 Å². The number of hydrogen-bond acceptors (Lipinski definition) is 4. The van der Waals surface area contributed by atoms with Gasteiger partial charge < -0.3 is 9.32 Å². The van der Waals surface area contributed by atoms with Crippen LogP contribution in [0.2, 0.25) is 5.02 Å². The molecular weight excluding hydrogens is 364 g/mol. The summed E-state index contributed by atoms with van der Waals surface area (Å²) in [5, 5.41) is 11.0.